The van der Waals surface area contributed by atoms with Crippen LogP contribution >= 0.6 is 11.6 Å². The van der Waals surface area contributed by atoms with Crippen LogP contribution in [0.2, 0.25) is 5.02 Å². The summed E-state index contributed by atoms with van der Waals surface area (Å²) in [6, 6.07) is 22.1. The minimum Gasteiger partial charge on any atom is -0.489 e. The monoisotopic (exact) mass is 367 g/mol. The van der Waals surface area contributed by atoms with Crippen molar-refractivity contribution in [2.75, 3.05) is 5.32 Å². The summed E-state index contributed by atoms with van der Waals surface area (Å²) >= 11 is 6.12. The van der Waals surface area contributed by atoms with E-state index in [1.807, 2.05) is 42.5 Å². The summed E-state index contributed by atoms with van der Waals surface area (Å²) in [5.41, 5.74) is 3.09. The molecule has 4 nitrogen and oxygen atoms in total. The topological polar surface area (TPSA) is 58.6 Å². The second-order valence-electron chi connectivity index (χ2n) is 5.76. The largest absolute Gasteiger partial charge is 0.489 e. The summed E-state index contributed by atoms with van der Waals surface area (Å²) in [6.07, 6.45) is 0. The van der Waals surface area contributed by atoms with E-state index in [2.05, 4.69) is 5.32 Å². The highest BCUT2D eigenvalue weighted by Crippen LogP contribution is 2.25. The zero-order valence-electron chi connectivity index (χ0n) is 14.0. The number of carboxylic acids is 1. The Morgan fingerprint density at radius 3 is 2.42 bits per heavy atom. The molecule has 0 atom stereocenters. The molecule has 26 heavy (non-hydrogen) atoms. The Morgan fingerprint density at radius 2 is 1.73 bits per heavy atom. The molecule has 0 aliphatic rings. The quantitative estimate of drug-likeness (QED) is 0.600. The van der Waals surface area contributed by atoms with E-state index in [0.29, 0.717) is 18.2 Å². The maximum absolute atomic E-state index is 10.9. The maximum Gasteiger partial charge on any atom is 0.335 e. The van der Waals surface area contributed by atoms with Crippen LogP contribution in [0, 0.1) is 0 Å². The van der Waals surface area contributed by atoms with Gasteiger partial charge in [-0.25, -0.2) is 4.79 Å². The number of rotatable bonds is 7. The van der Waals surface area contributed by atoms with E-state index in [4.69, 9.17) is 21.4 Å². The average Bonchev–Trinajstić information content (AvgIpc) is 2.66. The fourth-order valence-corrected chi connectivity index (χ4v) is 2.68. The third kappa shape index (κ3) is 4.77. The Morgan fingerprint density at radius 1 is 1.00 bits per heavy atom. The van der Waals surface area contributed by atoms with Gasteiger partial charge in [0.15, 0.2) is 0 Å². The lowest BCUT2D eigenvalue weighted by molar-refractivity contribution is 0.0697. The third-order valence-corrected chi connectivity index (χ3v) is 4.11. The van der Waals surface area contributed by atoms with Crippen LogP contribution in [0.4, 0.5) is 5.69 Å². The molecular weight excluding hydrogens is 350 g/mol. The smallest absolute Gasteiger partial charge is 0.335 e. The molecule has 0 radical (unpaired) electrons. The fourth-order valence-electron chi connectivity index (χ4n) is 2.49. The molecule has 3 aromatic rings. The molecule has 132 valence electrons. The third-order valence-electron chi connectivity index (χ3n) is 3.87. The van der Waals surface area contributed by atoms with Crippen LogP contribution in [-0.2, 0) is 13.2 Å². The summed E-state index contributed by atoms with van der Waals surface area (Å²) in [5, 5.41) is 12.8. The zero-order valence-corrected chi connectivity index (χ0v) is 14.7. The predicted molar refractivity (Wildman–Crippen MR) is 103 cm³/mol. The molecule has 0 unspecified atom stereocenters. The highest BCUT2D eigenvalue weighted by atomic mass is 35.5. The van der Waals surface area contributed by atoms with E-state index >= 15 is 0 Å². The van der Waals surface area contributed by atoms with Crippen molar-refractivity contribution in [1.82, 2.24) is 0 Å². The molecule has 5 heteroatoms. The predicted octanol–water partition coefficient (Wildman–Crippen LogP) is 5.23. The van der Waals surface area contributed by atoms with Crippen LogP contribution < -0.4 is 10.1 Å². The first-order valence-corrected chi connectivity index (χ1v) is 8.52. The van der Waals surface area contributed by atoms with Gasteiger partial charge in [-0.15, -0.1) is 0 Å². The molecule has 0 aliphatic carbocycles. The molecule has 3 aromatic carbocycles. The first kappa shape index (κ1) is 17.8. The lowest BCUT2D eigenvalue weighted by atomic mass is 10.1. The highest BCUT2D eigenvalue weighted by Gasteiger charge is 2.07. The number of benzene rings is 3. The first-order chi connectivity index (χ1) is 12.6. The van der Waals surface area contributed by atoms with Gasteiger partial charge in [-0.2, -0.15) is 0 Å². The Bertz CT molecular complexity index is 880. The van der Waals surface area contributed by atoms with Crippen LogP contribution in [0.1, 0.15) is 21.5 Å². The second-order valence-corrected chi connectivity index (χ2v) is 6.20. The van der Waals surface area contributed by atoms with Gasteiger partial charge in [0, 0.05) is 22.8 Å². The van der Waals surface area contributed by atoms with Crippen molar-refractivity contribution in [1.29, 1.82) is 0 Å². The number of aromatic carboxylic acids is 1. The Balaban J connectivity index is 1.68. The van der Waals surface area contributed by atoms with E-state index in [-0.39, 0.29) is 5.56 Å². The summed E-state index contributed by atoms with van der Waals surface area (Å²) in [4.78, 5) is 10.9. The first-order valence-electron chi connectivity index (χ1n) is 8.14. The van der Waals surface area contributed by atoms with Crippen molar-refractivity contribution < 1.29 is 14.6 Å². The second kappa shape index (κ2) is 8.41. The summed E-state index contributed by atoms with van der Waals surface area (Å²) in [6.45, 7) is 0.986. The van der Waals surface area contributed by atoms with Gasteiger partial charge in [-0.3, -0.25) is 0 Å². The molecular formula is C21H18ClNO3. The summed E-state index contributed by atoms with van der Waals surface area (Å²) < 4.78 is 5.94. The van der Waals surface area contributed by atoms with Crippen LogP contribution in [-0.4, -0.2) is 11.1 Å². The van der Waals surface area contributed by atoms with Crippen molar-refractivity contribution in [2.24, 2.45) is 0 Å². The van der Waals surface area contributed by atoms with Gasteiger partial charge in [-0.1, -0.05) is 41.9 Å². The normalized spacial score (nSPS) is 10.3. The molecule has 0 spiro atoms. The number of carbonyl (C=O) groups is 1. The van der Waals surface area contributed by atoms with Gasteiger partial charge < -0.3 is 15.2 Å². The van der Waals surface area contributed by atoms with Gasteiger partial charge in [-0.05, 0) is 48.0 Å². The number of carboxylic acid groups (broad SMARTS) is 1. The van der Waals surface area contributed by atoms with Gasteiger partial charge >= 0.3 is 5.97 Å². The van der Waals surface area contributed by atoms with E-state index in [1.165, 1.54) is 0 Å². The molecule has 0 fully saturated rings. The van der Waals surface area contributed by atoms with Crippen LogP contribution in [0.3, 0.4) is 0 Å². The average molecular weight is 368 g/mol. The standard InChI is InChI=1S/C21H18ClNO3/c22-18-8-11-20(26-14-15-4-2-1-3-5-15)17(12-18)13-23-19-9-6-16(7-10-19)21(24)25/h1-12,23H,13-14H2,(H,24,25). The summed E-state index contributed by atoms with van der Waals surface area (Å²) in [7, 11) is 0. The van der Waals surface area contributed by atoms with Crippen molar-refractivity contribution >= 4 is 23.3 Å². The minimum atomic E-state index is -0.942. The van der Waals surface area contributed by atoms with Crippen molar-refractivity contribution in [3.05, 3.63) is 94.5 Å². The van der Waals surface area contributed by atoms with Crippen molar-refractivity contribution in [3.8, 4) is 5.75 Å². The molecule has 3 rings (SSSR count). The molecule has 2 N–H and O–H groups in total. The van der Waals surface area contributed by atoms with Crippen molar-refractivity contribution in [2.45, 2.75) is 13.2 Å². The Labute approximate surface area is 157 Å². The van der Waals surface area contributed by atoms with Crippen molar-refractivity contribution in [3.63, 3.8) is 0 Å². The van der Waals surface area contributed by atoms with Gasteiger partial charge in [0.05, 0.1) is 5.56 Å². The summed E-state index contributed by atoms with van der Waals surface area (Å²) in [5.74, 6) is -0.184. The molecule has 0 saturated heterocycles. The molecule has 0 saturated carbocycles. The number of hydrogen-bond acceptors (Lipinski definition) is 3. The number of ether oxygens (including phenoxy) is 1. The lowest BCUT2D eigenvalue weighted by Crippen LogP contribution is -2.04. The fraction of sp³-hybridized carbons (Fsp3) is 0.0952. The van der Waals surface area contributed by atoms with E-state index < -0.39 is 5.97 Å². The molecule has 0 bridgehead atoms. The number of hydrogen-bond donors (Lipinski definition) is 2. The Kier molecular flexibility index (Phi) is 5.77. The molecule has 0 aliphatic heterocycles. The van der Waals surface area contributed by atoms with Crippen LogP contribution in [0.25, 0.3) is 0 Å². The van der Waals surface area contributed by atoms with Gasteiger partial charge in [0.1, 0.15) is 12.4 Å². The molecule has 0 heterocycles. The highest BCUT2D eigenvalue weighted by molar-refractivity contribution is 6.30. The van der Waals surface area contributed by atoms with E-state index in [0.717, 1.165) is 22.6 Å². The number of nitrogens with one attached hydrogen (secondary N) is 1. The maximum atomic E-state index is 10.9. The SMILES string of the molecule is O=C(O)c1ccc(NCc2cc(Cl)ccc2OCc2ccccc2)cc1. The molecule has 0 amide bonds. The van der Waals surface area contributed by atoms with Gasteiger partial charge in [0.25, 0.3) is 0 Å². The Hall–Kier alpha value is -2.98. The lowest BCUT2D eigenvalue weighted by Gasteiger charge is -2.14. The number of anilines is 1. The van der Waals surface area contributed by atoms with Crippen LogP contribution in [0.15, 0.2) is 72.8 Å². The van der Waals surface area contributed by atoms with Gasteiger partial charge in [0.2, 0.25) is 0 Å². The van der Waals surface area contributed by atoms with E-state index in [1.54, 1.807) is 30.3 Å². The van der Waals surface area contributed by atoms with E-state index in [9.17, 15) is 4.79 Å². The van der Waals surface area contributed by atoms with Crippen LogP contribution in [0.5, 0.6) is 5.75 Å². The minimum absolute atomic E-state index is 0.255. The number of halogens is 1. The zero-order chi connectivity index (χ0) is 18.4. The molecule has 0 aromatic heterocycles.